The van der Waals surface area contributed by atoms with Crippen LogP contribution in [0, 0.1) is 0 Å². The van der Waals surface area contributed by atoms with Crippen molar-refractivity contribution >= 4 is 22.7 Å². The van der Waals surface area contributed by atoms with Crippen molar-refractivity contribution in [2.24, 2.45) is 5.84 Å². The lowest BCUT2D eigenvalue weighted by atomic mass is 9.91. The van der Waals surface area contributed by atoms with Crippen LogP contribution in [0.5, 0.6) is 0 Å². The van der Waals surface area contributed by atoms with E-state index in [1.54, 1.807) is 23.2 Å². The van der Waals surface area contributed by atoms with Gasteiger partial charge >= 0.3 is 0 Å². The molecule has 1 aromatic carbocycles. The molecule has 0 saturated heterocycles. The Kier molecular flexibility index (Phi) is 5.74. The number of pyridine rings is 1. The summed E-state index contributed by atoms with van der Waals surface area (Å²) < 4.78 is 3.45. The quantitative estimate of drug-likeness (QED) is 0.340. The van der Waals surface area contributed by atoms with Crippen molar-refractivity contribution < 1.29 is 0 Å². The highest BCUT2D eigenvalue weighted by Crippen LogP contribution is 2.25. The molecule has 0 unspecified atom stereocenters. The van der Waals surface area contributed by atoms with Gasteiger partial charge in [0.15, 0.2) is 5.65 Å². The lowest BCUT2D eigenvalue weighted by Gasteiger charge is -2.24. The van der Waals surface area contributed by atoms with Gasteiger partial charge in [-0.25, -0.2) is 19.4 Å². The first-order valence-electron chi connectivity index (χ1n) is 11.7. The molecule has 0 amide bonds. The van der Waals surface area contributed by atoms with Crippen molar-refractivity contribution in [3.63, 3.8) is 0 Å². The molecule has 5 rings (SSSR count). The number of hydrogen-bond acceptors (Lipinski definition) is 7. The van der Waals surface area contributed by atoms with Crippen molar-refractivity contribution in [2.45, 2.75) is 45.7 Å². The van der Waals surface area contributed by atoms with Gasteiger partial charge in [0, 0.05) is 42.3 Å². The molecule has 9 heteroatoms. The van der Waals surface area contributed by atoms with E-state index < -0.39 is 0 Å². The van der Waals surface area contributed by atoms with Gasteiger partial charge in [-0.15, -0.1) is 6.58 Å². The average molecular weight is 471 g/mol. The van der Waals surface area contributed by atoms with E-state index in [2.05, 4.69) is 54.8 Å². The number of nitrogens with zero attached hydrogens (tertiary/aromatic N) is 6. The highest BCUT2D eigenvalue weighted by molar-refractivity contribution is 5.77. The molecule has 0 saturated carbocycles. The van der Waals surface area contributed by atoms with Crippen LogP contribution in [0.2, 0.25) is 0 Å². The zero-order valence-corrected chi connectivity index (χ0v) is 20.3. The number of fused-ring (bicyclic) bond motifs is 2. The van der Waals surface area contributed by atoms with Crippen molar-refractivity contribution in [3.8, 4) is 5.69 Å². The fourth-order valence-corrected chi connectivity index (χ4v) is 4.38. The van der Waals surface area contributed by atoms with Crippen molar-refractivity contribution in [1.29, 1.82) is 0 Å². The van der Waals surface area contributed by atoms with Gasteiger partial charge in [-0.3, -0.25) is 15.6 Å². The summed E-state index contributed by atoms with van der Waals surface area (Å²) in [6.07, 6.45) is 5.94. The highest BCUT2D eigenvalue weighted by Gasteiger charge is 2.21. The van der Waals surface area contributed by atoms with E-state index in [-0.39, 0.29) is 11.0 Å². The summed E-state index contributed by atoms with van der Waals surface area (Å²) in [7, 11) is 0. The Bertz CT molecular complexity index is 1480. The Morgan fingerprint density at radius 1 is 1.17 bits per heavy atom. The lowest BCUT2D eigenvalue weighted by Crippen LogP contribution is -2.36. The van der Waals surface area contributed by atoms with Crippen LogP contribution in [0.1, 0.15) is 37.6 Å². The van der Waals surface area contributed by atoms with Crippen LogP contribution in [0.15, 0.2) is 60.2 Å². The first-order chi connectivity index (χ1) is 16.7. The van der Waals surface area contributed by atoms with Crippen molar-refractivity contribution in [3.05, 3.63) is 82.6 Å². The Balaban J connectivity index is 1.60. The minimum atomic E-state index is -0.166. The number of nitrogens with one attached hydrogen (secondary N) is 1. The Morgan fingerprint density at radius 3 is 2.77 bits per heavy atom. The molecule has 9 nitrogen and oxygen atoms in total. The molecule has 1 aliphatic rings. The largest absolute Gasteiger partial charge is 0.324 e. The van der Waals surface area contributed by atoms with E-state index in [4.69, 9.17) is 10.8 Å². The molecule has 3 aromatic heterocycles. The van der Waals surface area contributed by atoms with Crippen LogP contribution in [0.4, 0.5) is 11.6 Å². The molecule has 0 atom stereocenters. The van der Waals surface area contributed by atoms with Gasteiger partial charge in [-0.05, 0) is 41.8 Å². The van der Waals surface area contributed by atoms with Crippen molar-refractivity contribution in [2.75, 3.05) is 11.9 Å². The zero-order chi connectivity index (χ0) is 24.7. The molecule has 0 radical (unpaired) electrons. The summed E-state index contributed by atoms with van der Waals surface area (Å²) in [4.78, 5) is 27.0. The topological polar surface area (TPSA) is 107 Å². The van der Waals surface area contributed by atoms with E-state index in [0.717, 1.165) is 36.6 Å². The van der Waals surface area contributed by atoms with Crippen LogP contribution in [0.3, 0.4) is 0 Å². The average Bonchev–Trinajstić information content (AvgIpc) is 3.10. The summed E-state index contributed by atoms with van der Waals surface area (Å²) in [5.41, 5.74) is 5.33. The summed E-state index contributed by atoms with van der Waals surface area (Å²) in [5, 5.41) is 5.58. The Labute approximate surface area is 203 Å². The molecule has 35 heavy (non-hydrogen) atoms. The number of rotatable bonds is 5. The number of nitrogens with two attached hydrogens (primary N) is 1. The second kappa shape index (κ2) is 8.75. The minimum Gasteiger partial charge on any atom is -0.324 e. The van der Waals surface area contributed by atoms with E-state index in [1.807, 2.05) is 27.9 Å². The molecule has 180 valence electrons. The summed E-state index contributed by atoms with van der Waals surface area (Å²) >= 11 is 0. The molecule has 0 fully saturated rings. The number of hydrogen-bond donors (Lipinski definition) is 2. The third-order valence-corrected chi connectivity index (χ3v) is 6.24. The highest BCUT2D eigenvalue weighted by atomic mass is 16.1. The lowest BCUT2D eigenvalue weighted by molar-refractivity contribution is 0.263. The van der Waals surface area contributed by atoms with Gasteiger partial charge in [0.25, 0.3) is 5.56 Å². The summed E-state index contributed by atoms with van der Waals surface area (Å²) in [6.45, 7) is 12.1. The molecule has 0 aliphatic carbocycles. The van der Waals surface area contributed by atoms with E-state index in [9.17, 15) is 4.79 Å². The number of anilines is 2. The third-order valence-electron chi connectivity index (χ3n) is 6.24. The zero-order valence-electron chi connectivity index (χ0n) is 20.3. The maximum atomic E-state index is 13.2. The van der Waals surface area contributed by atoms with Gasteiger partial charge in [-0.2, -0.15) is 4.98 Å². The second-order valence-corrected chi connectivity index (χ2v) is 9.90. The van der Waals surface area contributed by atoms with Crippen LogP contribution < -0.4 is 16.7 Å². The predicted octanol–water partition coefficient (Wildman–Crippen LogP) is 3.44. The Morgan fingerprint density at radius 2 is 2.00 bits per heavy atom. The number of hydrazine groups is 1. The van der Waals surface area contributed by atoms with Gasteiger partial charge in [-0.1, -0.05) is 32.9 Å². The Hall–Kier alpha value is -3.82. The SMILES string of the molecule is C=CCn1c(=O)c2cnc(Nc3ccc4c(c3)CCN(N)C4)nc2n1-c1ccnc(C(C)(C)C)c1. The first-order valence-corrected chi connectivity index (χ1v) is 11.7. The fraction of sp³-hybridized carbons (Fsp3) is 0.308. The molecular formula is C26H30N8O. The van der Waals surface area contributed by atoms with Crippen LogP contribution >= 0.6 is 0 Å². The number of allylic oxidation sites excluding steroid dienone is 1. The van der Waals surface area contributed by atoms with E-state index in [0.29, 0.717) is 23.5 Å². The van der Waals surface area contributed by atoms with Gasteiger partial charge < -0.3 is 5.32 Å². The van der Waals surface area contributed by atoms with Gasteiger partial charge in [0.1, 0.15) is 5.39 Å². The monoisotopic (exact) mass is 470 g/mol. The third kappa shape index (κ3) is 4.36. The standard InChI is InChI=1S/C26H30N8O/c1-5-11-33-24(35)21-15-29-25(30-19-7-6-18-16-32(27)12-9-17(18)13-19)31-23(21)34(33)20-8-10-28-22(14-20)26(2,3)4/h5-8,10,13-15H,1,9,11-12,16,27H2,2-4H3,(H,29,30,31). The first kappa shape index (κ1) is 22.9. The number of benzene rings is 1. The minimum absolute atomic E-state index is 0.141. The molecule has 4 heterocycles. The molecule has 4 aromatic rings. The number of aromatic nitrogens is 5. The normalized spacial score (nSPS) is 14.2. The van der Waals surface area contributed by atoms with E-state index >= 15 is 0 Å². The second-order valence-electron chi connectivity index (χ2n) is 9.90. The molecule has 1 aliphatic heterocycles. The summed E-state index contributed by atoms with van der Waals surface area (Å²) in [5.74, 6) is 6.37. The molecular weight excluding hydrogens is 440 g/mol. The molecule has 0 bridgehead atoms. The van der Waals surface area contributed by atoms with Crippen LogP contribution in [-0.2, 0) is 24.9 Å². The van der Waals surface area contributed by atoms with Crippen molar-refractivity contribution in [1.82, 2.24) is 29.3 Å². The molecule has 3 N–H and O–H groups in total. The van der Waals surface area contributed by atoms with Crippen LogP contribution in [0.25, 0.3) is 16.7 Å². The fourth-order valence-electron chi connectivity index (χ4n) is 4.38. The predicted molar refractivity (Wildman–Crippen MR) is 138 cm³/mol. The maximum absolute atomic E-state index is 13.2. The van der Waals surface area contributed by atoms with Gasteiger partial charge in [0.2, 0.25) is 5.95 Å². The van der Waals surface area contributed by atoms with Gasteiger partial charge in [0.05, 0.1) is 12.2 Å². The summed E-state index contributed by atoms with van der Waals surface area (Å²) in [6, 6.07) is 10.1. The van der Waals surface area contributed by atoms with E-state index in [1.165, 1.54) is 11.1 Å². The smallest absolute Gasteiger partial charge is 0.278 e. The molecule has 0 spiro atoms. The maximum Gasteiger partial charge on any atom is 0.278 e. The van der Waals surface area contributed by atoms with Crippen LogP contribution in [-0.4, -0.2) is 35.9 Å².